The molecule has 1 aromatic carbocycles. The summed E-state index contributed by atoms with van der Waals surface area (Å²) in [5, 5.41) is 2.94. The topological polar surface area (TPSA) is 79.0 Å². The molecule has 2 aliphatic heterocycles. The number of hydrogen-bond donors (Lipinski definition) is 1. The minimum absolute atomic E-state index is 0.00766. The molecule has 0 saturated carbocycles. The summed E-state index contributed by atoms with van der Waals surface area (Å²) < 4.78 is 33.4. The Morgan fingerprint density at radius 3 is 2.64 bits per heavy atom. The summed E-state index contributed by atoms with van der Waals surface area (Å²) in [5.74, 6) is -0.0201. The van der Waals surface area contributed by atoms with Crippen molar-refractivity contribution in [2.45, 2.75) is 44.0 Å². The third-order valence-electron chi connectivity index (χ3n) is 5.62. The Hall–Kier alpha value is -1.64. The number of benzene rings is 1. The van der Waals surface area contributed by atoms with Crippen LogP contribution in [0.4, 0.5) is 4.79 Å². The number of carbonyl (C=O) groups excluding carboxylic acids is 1. The van der Waals surface area contributed by atoms with Crippen molar-refractivity contribution < 1.29 is 17.9 Å². The molecule has 8 heteroatoms. The lowest BCUT2D eigenvalue weighted by Gasteiger charge is -2.41. The van der Waals surface area contributed by atoms with Crippen LogP contribution in [-0.2, 0) is 21.2 Å². The number of carbonyl (C=O) groups is 1. The second kappa shape index (κ2) is 9.24. The SMILES string of the molecule is CCCNC(=O)N1CCOC[C@H]2CN(S(=O)(=O)c3ccc(CC)cc3)CC[C@H]21. The second-order valence-electron chi connectivity index (χ2n) is 7.48. The maximum absolute atomic E-state index is 13.1. The number of nitrogens with one attached hydrogen (secondary N) is 1. The number of hydrogen-bond acceptors (Lipinski definition) is 4. The summed E-state index contributed by atoms with van der Waals surface area (Å²) in [6.07, 6.45) is 2.38. The van der Waals surface area contributed by atoms with E-state index in [1.54, 1.807) is 16.4 Å². The molecule has 7 nitrogen and oxygen atoms in total. The van der Waals surface area contributed by atoms with E-state index in [1.165, 1.54) is 0 Å². The summed E-state index contributed by atoms with van der Waals surface area (Å²) in [6, 6.07) is 7.05. The van der Waals surface area contributed by atoms with E-state index in [0.29, 0.717) is 50.7 Å². The minimum Gasteiger partial charge on any atom is -0.379 e. The van der Waals surface area contributed by atoms with Gasteiger partial charge in [-0.1, -0.05) is 26.0 Å². The lowest BCUT2D eigenvalue weighted by atomic mass is 9.93. The normalized spacial score (nSPS) is 23.7. The van der Waals surface area contributed by atoms with Gasteiger partial charge in [0.2, 0.25) is 10.0 Å². The Morgan fingerprint density at radius 2 is 1.96 bits per heavy atom. The maximum Gasteiger partial charge on any atom is 0.317 e. The lowest BCUT2D eigenvalue weighted by Crippen LogP contribution is -2.56. The van der Waals surface area contributed by atoms with Gasteiger partial charge in [0, 0.05) is 38.1 Å². The first-order chi connectivity index (χ1) is 13.5. The van der Waals surface area contributed by atoms with Crippen LogP contribution in [0.3, 0.4) is 0 Å². The summed E-state index contributed by atoms with van der Waals surface area (Å²) in [4.78, 5) is 14.7. The number of urea groups is 1. The molecule has 2 amide bonds. The standard InChI is InChI=1S/C20H31N3O4S/c1-3-10-21-20(24)23-12-13-27-15-17-14-22(11-9-19(17)23)28(25,26)18-7-5-16(4-2)6-8-18/h5-8,17,19H,3-4,9-15H2,1-2H3,(H,21,24)/t17-,19-/m1/s1. The van der Waals surface area contributed by atoms with E-state index in [2.05, 4.69) is 5.32 Å². The van der Waals surface area contributed by atoms with Gasteiger partial charge in [-0.3, -0.25) is 0 Å². The Balaban J connectivity index is 1.74. The van der Waals surface area contributed by atoms with Gasteiger partial charge < -0.3 is 15.0 Å². The number of aryl methyl sites for hydroxylation is 1. The monoisotopic (exact) mass is 409 g/mol. The molecule has 2 atom stereocenters. The zero-order valence-electron chi connectivity index (χ0n) is 16.8. The molecular weight excluding hydrogens is 378 g/mol. The molecular formula is C20H31N3O4S. The first-order valence-electron chi connectivity index (χ1n) is 10.2. The van der Waals surface area contributed by atoms with E-state index >= 15 is 0 Å². The zero-order chi connectivity index (χ0) is 20.1. The Kier molecular flexibility index (Phi) is 6.95. The van der Waals surface area contributed by atoms with Gasteiger partial charge in [0.1, 0.15) is 0 Å². The molecule has 2 saturated heterocycles. The molecule has 1 aromatic rings. The Morgan fingerprint density at radius 1 is 1.21 bits per heavy atom. The molecule has 0 aliphatic carbocycles. The van der Waals surface area contributed by atoms with Gasteiger partial charge in [0.25, 0.3) is 0 Å². The average molecular weight is 410 g/mol. The van der Waals surface area contributed by atoms with E-state index in [-0.39, 0.29) is 18.0 Å². The number of amides is 2. The van der Waals surface area contributed by atoms with Crippen LogP contribution in [0.2, 0.25) is 0 Å². The van der Waals surface area contributed by atoms with Gasteiger partial charge in [-0.05, 0) is 37.0 Å². The van der Waals surface area contributed by atoms with Crippen LogP contribution >= 0.6 is 0 Å². The summed E-state index contributed by atoms with van der Waals surface area (Å²) in [6.45, 7) is 7.00. The van der Waals surface area contributed by atoms with Gasteiger partial charge in [0.05, 0.1) is 18.1 Å². The molecule has 0 aromatic heterocycles. The summed E-state index contributed by atoms with van der Waals surface area (Å²) in [7, 11) is -3.54. The maximum atomic E-state index is 13.1. The smallest absolute Gasteiger partial charge is 0.317 e. The highest BCUT2D eigenvalue weighted by molar-refractivity contribution is 7.89. The first-order valence-corrected chi connectivity index (χ1v) is 11.6. The van der Waals surface area contributed by atoms with Crippen LogP contribution in [0.15, 0.2) is 29.2 Å². The van der Waals surface area contributed by atoms with Crippen molar-refractivity contribution >= 4 is 16.1 Å². The zero-order valence-corrected chi connectivity index (χ0v) is 17.6. The number of ether oxygens (including phenoxy) is 1. The summed E-state index contributed by atoms with van der Waals surface area (Å²) in [5.41, 5.74) is 1.11. The van der Waals surface area contributed by atoms with E-state index in [9.17, 15) is 13.2 Å². The van der Waals surface area contributed by atoms with Crippen LogP contribution in [0.1, 0.15) is 32.3 Å². The van der Waals surface area contributed by atoms with Crippen molar-refractivity contribution in [1.29, 1.82) is 0 Å². The fraction of sp³-hybridized carbons (Fsp3) is 0.650. The third kappa shape index (κ3) is 4.50. The minimum atomic E-state index is -3.54. The largest absolute Gasteiger partial charge is 0.379 e. The highest BCUT2D eigenvalue weighted by atomic mass is 32.2. The molecule has 3 rings (SSSR count). The first kappa shape index (κ1) is 21.1. The Labute approximate surface area is 168 Å². The molecule has 0 spiro atoms. The van der Waals surface area contributed by atoms with Crippen molar-refractivity contribution in [3.05, 3.63) is 29.8 Å². The van der Waals surface area contributed by atoms with E-state index in [0.717, 1.165) is 18.4 Å². The van der Waals surface area contributed by atoms with Crippen molar-refractivity contribution in [3.8, 4) is 0 Å². The van der Waals surface area contributed by atoms with Crippen molar-refractivity contribution in [2.24, 2.45) is 5.92 Å². The fourth-order valence-electron chi connectivity index (χ4n) is 3.97. The highest BCUT2D eigenvalue weighted by Crippen LogP contribution is 2.29. The number of fused-ring (bicyclic) bond motifs is 1. The number of nitrogens with zero attached hydrogens (tertiary/aromatic N) is 2. The lowest BCUT2D eigenvalue weighted by molar-refractivity contribution is 0.0848. The molecule has 2 heterocycles. The van der Waals surface area contributed by atoms with E-state index in [1.807, 2.05) is 30.9 Å². The number of sulfonamides is 1. The third-order valence-corrected chi connectivity index (χ3v) is 7.50. The van der Waals surface area contributed by atoms with Crippen LogP contribution in [0, 0.1) is 5.92 Å². The molecule has 2 aliphatic rings. The fourth-order valence-corrected chi connectivity index (χ4v) is 5.49. The highest BCUT2D eigenvalue weighted by Gasteiger charge is 2.40. The molecule has 0 unspecified atom stereocenters. The summed E-state index contributed by atoms with van der Waals surface area (Å²) >= 11 is 0. The molecule has 1 N–H and O–H groups in total. The molecule has 0 bridgehead atoms. The van der Waals surface area contributed by atoms with Gasteiger partial charge in [-0.15, -0.1) is 0 Å². The number of piperidine rings is 1. The average Bonchev–Trinajstić information content (AvgIpc) is 2.94. The molecule has 28 heavy (non-hydrogen) atoms. The predicted molar refractivity (Wildman–Crippen MR) is 108 cm³/mol. The van der Waals surface area contributed by atoms with Gasteiger partial charge in [-0.2, -0.15) is 4.31 Å². The Bertz CT molecular complexity index is 766. The van der Waals surface area contributed by atoms with Crippen molar-refractivity contribution in [2.75, 3.05) is 39.4 Å². The molecule has 0 radical (unpaired) electrons. The molecule has 2 fully saturated rings. The quantitative estimate of drug-likeness (QED) is 0.808. The van der Waals surface area contributed by atoms with E-state index < -0.39 is 10.0 Å². The van der Waals surface area contributed by atoms with Crippen molar-refractivity contribution in [1.82, 2.24) is 14.5 Å². The van der Waals surface area contributed by atoms with Crippen LogP contribution in [0.25, 0.3) is 0 Å². The number of rotatable bonds is 5. The molecule has 156 valence electrons. The van der Waals surface area contributed by atoms with Crippen LogP contribution in [0.5, 0.6) is 0 Å². The van der Waals surface area contributed by atoms with Crippen LogP contribution in [-0.4, -0.2) is 69.1 Å². The van der Waals surface area contributed by atoms with E-state index in [4.69, 9.17) is 4.74 Å². The van der Waals surface area contributed by atoms with Gasteiger partial charge in [-0.25, -0.2) is 13.2 Å². The predicted octanol–water partition coefficient (Wildman–Crippen LogP) is 2.08. The van der Waals surface area contributed by atoms with Crippen LogP contribution < -0.4 is 5.32 Å². The second-order valence-corrected chi connectivity index (χ2v) is 9.41. The van der Waals surface area contributed by atoms with Gasteiger partial charge >= 0.3 is 6.03 Å². The van der Waals surface area contributed by atoms with Crippen molar-refractivity contribution in [3.63, 3.8) is 0 Å². The van der Waals surface area contributed by atoms with Gasteiger partial charge in [0.15, 0.2) is 0 Å².